The Hall–Kier alpha value is -2.70. The number of carbonyl (C=O) groups is 1. The Bertz CT molecular complexity index is 660. The number of nitrogens with zero attached hydrogens (tertiary/aromatic N) is 2. The highest BCUT2D eigenvalue weighted by atomic mass is 16.2. The van der Waals surface area contributed by atoms with Crippen LogP contribution in [0.25, 0.3) is 0 Å². The fourth-order valence-electron chi connectivity index (χ4n) is 1.68. The van der Waals surface area contributed by atoms with E-state index in [4.69, 9.17) is 0 Å². The highest BCUT2D eigenvalue weighted by Gasteiger charge is 2.13. The Morgan fingerprint density at radius 2 is 2.20 bits per heavy atom. The molecule has 0 saturated carbocycles. The van der Waals surface area contributed by atoms with Crippen molar-refractivity contribution in [2.24, 2.45) is 0 Å². The van der Waals surface area contributed by atoms with Gasteiger partial charge in [-0.25, -0.2) is 5.10 Å². The predicted octanol–water partition coefficient (Wildman–Crippen LogP) is 1.16. The number of amides is 1. The molecule has 0 aromatic carbocycles. The van der Waals surface area contributed by atoms with Crippen LogP contribution in [0, 0.1) is 6.92 Å². The minimum atomic E-state index is -0.340. The summed E-state index contributed by atoms with van der Waals surface area (Å²) in [5.41, 5.74) is 1.63. The Balaban J connectivity index is 2.24. The number of aromatic amines is 1. The molecule has 0 bridgehead atoms. The highest BCUT2D eigenvalue weighted by molar-refractivity contribution is 6.07. The lowest BCUT2D eigenvalue weighted by molar-refractivity contribution is 0.102. The van der Waals surface area contributed by atoms with Crippen molar-refractivity contribution in [3.63, 3.8) is 0 Å². The van der Waals surface area contributed by atoms with Crippen LogP contribution in [0.2, 0.25) is 0 Å². The van der Waals surface area contributed by atoms with Crippen molar-refractivity contribution in [3.05, 3.63) is 46.0 Å². The minimum Gasteiger partial charge on any atom is -0.385 e. The molecule has 2 heterocycles. The van der Waals surface area contributed by atoms with Crippen LogP contribution < -0.4 is 16.2 Å². The third-order valence-electron chi connectivity index (χ3n) is 2.57. The van der Waals surface area contributed by atoms with Crippen LogP contribution in [-0.4, -0.2) is 27.6 Å². The molecular weight excluding hydrogens is 258 g/mol. The standard InChI is InChI=1S/C13H15N5O2/c1-3-14-10-6-8(2)15-7-9(10)13(20)16-11-4-5-12(19)18-17-11/h4-7H,3H2,1-2H3,(H,14,15)(H,18,19)(H,16,17,20). The molecule has 0 radical (unpaired) electrons. The molecule has 0 aliphatic heterocycles. The number of aryl methyl sites for hydroxylation is 1. The second-order valence-corrected chi connectivity index (χ2v) is 4.16. The van der Waals surface area contributed by atoms with E-state index >= 15 is 0 Å². The summed E-state index contributed by atoms with van der Waals surface area (Å²) in [6.45, 7) is 4.49. The van der Waals surface area contributed by atoms with Crippen LogP contribution in [0.3, 0.4) is 0 Å². The molecule has 1 amide bonds. The van der Waals surface area contributed by atoms with Gasteiger partial charge in [0.1, 0.15) is 0 Å². The maximum Gasteiger partial charge on any atom is 0.264 e. The number of hydrogen-bond acceptors (Lipinski definition) is 5. The van der Waals surface area contributed by atoms with Crippen molar-refractivity contribution in [1.29, 1.82) is 0 Å². The van der Waals surface area contributed by atoms with E-state index in [9.17, 15) is 9.59 Å². The van der Waals surface area contributed by atoms with E-state index in [-0.39, 0.29) is 17.3 Å². The first-order chi connectivity index (χ1) is 9.60. The summed E-state index contributed by atoms with van der Waals surface area (Å²) in [5, 5.41) is 11.7. The van der Waals surface area contributed by atoms with Gasteiger partial charge < -0.3 is 10.6 Å². The predicted molar refractivity (Wildman–Crippen MR) is 75.9 cm³/mol. The van der Waals surface area contributed by atoms with Crippen LogP contribution in [0.4, 0.5) is 11.5 Å². The number of H-pyrrole nitrogens is 1. The van der Waals surface area contributed by atoms with Crippen LogP contribution in [0.5, 0.6) is 0 Å². The van der Waals surface area contributed by atoms with E-state index in [1.165, 1.54) is 18.3 Å². The third kappa shape index (κ3) is 3.19. The van der Waals surface area contributed by atoms with Crippen LogP contribution in [0.15, 0.2) is 29.2 Å². The lowest BCUT2D eigenvalue weighted by atomic mass is 10.2. The normalized spacial score (nSPS) is 10.1. The number of carbonyl (C=O) groups excluding carboxylic acids is 1. The Labute approximate surface area is 115 Å². The van der Waals surface area contributed by atoms with Crippen molar-refractivity contribution in [1.82, 2.24) is 15.2 Å². The first-order valence-electron chi connectivity index (χ1n) is 6.17. The maximum atomic E-state index is 12.2. The second-order valence-electron chi connectivity index (χ2n) is 4.16. The summed E-state index contributed by atoms with van der Waals surface area (Å²) in [6, 6.07) is 4.53. The molecular formula is C13H15N5O2. The zero-order chi connectivity index (χ0) is 14.5. The molecule has 2 rings (SSSR count). The van der Waals surface area contributed by atoms with Crippen molar-refractivity contribution < 1.29 is 4.79 Å². The Kier molecular flexibility index (Phi) is 4.09. The zero-order valence-electron chi connectivity index (χ0n) is 11.2. The number of aromatic nitrogens is 3. The number of nitrogens with one attached hydrogen (secondary N) is 3. The minimum absolute atomic E-state index is 0.276. The fourth-order valence-corrected chi connectivity index (χ4v) is 1.68. The fraction of sp³-hybridized carbons (Fsp3) is 0.231. The van der Waals surface area contributed by atoms with E-state index in [0.29, 0.717) is 17.8 Å². The zero-order valence-corrected chi connectivity index (χ0v) is 11.2. The second kappa shape index (κ2) is 5.96. The third-order valence-corrected chi connectivity index (χ3v) is 2.57. The summed E-state index contributed by atoms with van der Waals surface area (Å²) < 4.78 is 0. The molecule has 7 nitrogen and oxygen atoms in total. The van der Waals surface area contributed by atoms with E-state index in [2.05, 4.69) is 25.8 Å². The van der Waals surface area contributed by atoms with Gasteiger partial charge in [-0.1, -0.05) is 0 Å². The van der Waals surface area contributed by atoms with E-state index in [1.807, 2.05) is 13.8 Å². The molecule has 0 unspecified atom stereocenters. The average Bonchev–Trinajstić information content (AvgIpc) is 2.42. The molecule has 0 aliphatic rings. The maximum absolute atomic E-state index is 12.2. The van der Waals surface area contributed by atoms with Gasteiger partial charge in [-0.3, -0.25) is 14.6 Å². The van der Waals surface area contributed by atoms with Crippen molar-refractivity contribution >= 4 is 17.4 Å². The SMILES string of the molecule is CCNc1cc(C)ncc1C(=O)Nc1ccc(=O)[nH]n1. The molecule has 2 aromatic heterocycles. The van der Waals surface area contributed by atoms with E-state index in [1.54, 1.807) is 6.07 Å². The molecule has 7 heteroatoms. The van der Waals surface area contributed by atoms with E-state index < -0.39 is 0 Å². The van der Waals surface area contributed by atoms with Gasteiger partial charge in [-0.05, 0) is 26.0 Å². The Morgan fingerprint density at radius 3 is 2.85 bits per heavy atom. The molecule has 20 heavy (non-hydrogen) atoms. The first kappa shape index (κ1) is 13.7. The van der Waals surface area contributed by atoms with Crippen molar-refractivity contribution in [3.8, 4) is 0 Å². The topological polar surface area (TPSA) is 99.8 Å². The molecule has 0 saturated heterocycles. The monoisotopic (exact) mass is 273 g/mol. The summed E-state index contributed by atoms with van der Waals surface area (Å²) in [5.74, 6) is -0.0642. The molecule has 3 N–H and O–H groups in total. The van der Waals surface area contributed by atoms with Crippen molar-refractivity contribution in [2.45, 2.75) is 13.8 Å². The summed E-state index contributed by atoms with van der Waals surface area (Å²) in [4.78, 5) is 27.2. The largest absolute Gasteiger partial charge is 0.385 e. The van der Waals surface area contributed by atoms with Gasteiger partial charge in [0.15, 0.2) is 5.82 Å². The molecule has 2 aromatic rings. The average molecular weight is 273 g/mol. The molecule has 0 aliphatic carbocycles. The van der Waals surface area contributed by atoms with Gasteiger partial charge in [0.05, 0.1) is 11.3 Å². The first-order valence-corrected chi connectivity index (χ1v) is 6.17. The van der Waals surface area contributed by atoms with Crippen LogP contribution in [0.1, 0.15) is 23.0 Å². The quantitative estimate of drug-likeness (QED) is 0.776. The number of pyridine rings is 1. The van der Waals surface area contributed by atoms with Gasteiger partial charge in [-0.15, -0.1) is 0 Å². The van der Waals surface area contributed by atoms with Crippen molar-refractivity contribution in [2.75, 3.05) is 17.2 Å². The van der Waals surface area contributed by atoms with Gasteiger partial charge in [0, 0.05) is 24.5 Å². The number of rotatable bonds is 4. The summed E-state index contributed by atoms with van der Waals surface area (Å²) >= 11 is 0. The smallest absolute Gasteiger partial charge is 0.264 e. The Morgan fingerprint density at radius 1 is 1.40 bits per heavy atom. The summed E-state index contributed by atoms with van der Waals surface area (Å²) in [7, 11) is 0. The molecule has 0 fully saturated rings. The van der Waals surface area contributed by atoms with E-state index in [0.717, 1.165) is 5.69 Å². The lowest BCUT2D eigenvalue weighted by Crippen LogP contribution is -2.18. The van der Waals surface area contributed by atoms with Gasteiger partial charge in [-0.2, -0.15) is 5.10 Å². The van der Waals surface area contributed by atoms with Gasteiger partial charge in [0.25, 0.3) is 11.5 Å². The number of hydrogen-bond donors (Lipinski definition) is 3. The van der Waals surface area contributed by atoms with Gasteiger partial charge in [0.2, 0.25) is 0 Å². The lowest BCUT2D eigenvalue weighted by Gasteiger charge is -2.10. The molecule has 0 spiro atoms. The molecule has 104 valence electrons. The molecule has 0 atom stereocenters. The summed E-state index contributed by atoms with van der Waals surface area (Å²) in [6.07, 6.45) is 1.51. The van der Waals surface area contributed by atoms with Gasteiger partial charge >= 0.3 is 0 Å². The number of anilines is 2. The van der Waals surface area contributed by atoms with Crippen LogP contribution in [-0.2, 0) is 0 Å². The highest BCUT2D eigenvalue weighted by Crippen LogP contribution is 2.16. The van der Waals surface area contributed by atoms with Crippen LogP contribution >= 0.6 is 0 Å².